The van der Waals surface area contributed by atoms with Crippen LogP contribution in [0, 0.1) is 0 Å². The van der Waals surface area contributed by atoms with E-state index in [0.29, 0.717) is 5.69 Å². The normalized spacial score (nSPS) is 15.2. The van der Waals surface area contributed by atoms with Crippen LogP contribution in [0.2, 0.25) is 0 Å². The molecule has 0 bridgehead atoms. The number of carbonyl (C=O) groups is 1. The SMILES string of the molecule is CN(C)c1ccc(Nc2ccnc(C(=O)NC3CCCCCC3)c2)cc1. The number of pyridine rings is 1. The highest BCUT2D eigenvalue weighted by Gasteiger charge is 2.16. The fourth-order valence-electron chi connectivity index (χ4n) is 3.33. The topological polar surface area (TPSA) is 57.3 Å². The molecule has 1 amide bonds. The van der Waals surface area contributed by atoms with Gasteiger partial charge in [-0.25, -0.2) is 0 Å². The molecular weight excluding hydrogens is 324 g/mol. The van der Waals surface area contributed by atoms with Crippen LogP contribution < -0.4 is 15.5 Å². The third-order valence-electron chi connectivity index (χ3n) is 4.86. The highest BCUT2D eigenvalue weighted by Crippen LogP contribution is 2.21. The Labute approximate surface area is 155 Å². The van der Waals surface area contributed by atoms with E-state index < -0.39 is 0 Å². The van der Waals surface area contributed by atoms with Crippen molar-refractivity contribution in [3.8, 4) is 0 Å². The van der Waals surface area contributed by atoms with Gasteiger partial charge in [-0.2, -0.15) is 0 Å². The molecule has 0 aliphatic heterocycles. The molecule has 1 heterocycles. The van der Waals surface area contributed by atoms with Crippen LogP contribution in [0.1, 0.15) is 49.0 Å². The van der Waals surface area contributed by atoms with Crippen molar-refractivity contribution in [3.63, 3.8) is 0 Å². The fraction of sp³-hybridized carbons (Fsp3) is 0.429. The molecule has 1 aromatic carbocycles. The Hall–Kier alpha value is -2.56. The van der Waals surface area contributed by atoms with Crippen LogP contribution in [0.25, 0.3) is 0 Å². The average molecular weight is 352 g/mol. The van der Waals surface area contributed by atoms with E-state index in [1.165, 1.54) is 25.7 Å². The molecule has 0 spiro atoms. The van der Waals surface area contributed by atoms with Gasteiger partial charge in [-0.15, -0.1) is 0 Å². The number of aromatic nitrogens is 1. The Morgan fingerprint density at radius 2 is 1.69 bits per heavy atom. The van der Waals surface area contributed by atoms with Crippen LogP contribution in [-0.4, -0.2) is 31.0 Å². The third-order valence-corrected chi connectivity index (χ3v) is 4.86. The number of hydrogen-bond acceptors (Lipinski definition) is 4. The molecule has 1 aliphatic rings. The Balaban J connectivity index is 1.64. The second-order valence-electron chi connectivity index (χ2n) is 7.16. The predicted molar refractivity (Wildman–Crippen MR) is 107 cm³/mol. The zero-order chi connectivity index (χ0) is 18.4. The molecule has 1 fully saturated rings. The average Bonchev–Trinajstić information content (AvgIpc) is 2.91. The summed E-state index contributed by atoms with van der Waals surface area (Å²) < 4.78 is 0. The Morgan fingerprint density at radius 3 is 2.35 bits per heavy atom. The van der Waals surface area contributed by atoms with Crippen molar-refractivity contribution in [2.45, 2.75) is 44.6 Å². The number of nitrogens with one attached hydrogen (secondary N) is 2. The lowest BCUT2D eigenvalue weighted by Gasteiger charge is -2.16. The molecule has 0 saturated heterocycles. The van der Waals surface area contributed by atoms with Gasteiger partial charge in [-0.05, 0) is 49.2 Å². The minimum absolute atomic E-state index is 0.0801. The quantitative estimate of drug-likeness (QED) is 0.786. The molecule has 26 heavy (non-hydrogen) atoms. The number of carbonyl (C=O) groups excluding carboxylic acids is 1. The van der Waals surface area contributed by atoms with Gasteiger partial charge in [0.05, 0.1) is 0 Å². The Morgan fingerprint density at radius 1 is 1.00 bits per heavy atom. The maximum atomic E-state index is 12.5. The molecule has 0 radical (unpaired) electrons. The van der Waals surface area contributed by atoms with Gasteiger partial charge < -0.3 is 15.5 Å². The number of nitrogens with zero attached hydrogens (tertiary/aromatic N) is 2. The van der Waals surface area contributed by atoms with Crippen LogP contribution in [0.5, 0.6) is 0 Å². The molecule has 5 nitrogen and oxygen atoms in total. The summed E-state index contributed by atoms with van der Waals surface area (Å²) in [4.78, 5) is 18.9. The monoisotopic (exact) mass is 352 g/mol. The van der Waals surface area contributed by atoms with E-state index in [1.54, 1.807) is 6.20 Å². The highest BCUT2D eigenvalue weighted by atomic mass is 16.1. The maximum absolute atomic E-state index is 12.5. The minimum atomic E-state index is -0.0801. The second-order valence-corrected chi connectivity index (χ2v) is 7.16. The maximum Gasteiger partial charge on any atom is 0.270 e. The molecule has 2 N–H and O–H groups in total. The lowest BCUT2D eigenvalue weighted by atomic mass is 10.1. The molecular formula is C21H28N4O. The van der Waals surface area contributed by atoms with E-state index in [0.717, 1.165) is 29.9 Å². The summed E-state index contributed by atoms with van der Waals surface area (Å²) in [5.41, 5.74) is 3.46. The van der Waals surface area contributed by atoms with Gasteiger partial charge in [0.15, 0.2) is 0 Å². The molecule has 0 unspecified atom stereocenters. The van der Waals surface area contributed by atoms with Gasteiger partial charge in [0.1, 0.15) is 5.69 Å². The summed E-state index contributed by atoms with van der Waals surface area (Å²) in [6, 6.07) is 12.1. The fourth-order valence-corrected chi connectivity index (χ4v) is 3.33. The van der Waals surface area contributed by atoms with Crippen LogP contribution in [-0.2, 0) is 0 Å². The first-order valence-corrected chi connectivity index (χ1v) is 9.43. The van der Waals surface area contributed by atoms with Crippen LogP contribution in [0.15, 0.2) is 42.6 Å². The summed E-state index contributed by atoms with van der Waals surface area (Å²) in [5.74, 6) is -0.0801. The zero-order valence-electron chi connectivity index (χ0n) is 15.7. The van der Waals surface area contributed by atoms with Gasteiger partial charge in [0.25, 0.3) is 5.91 Å². The van der Waals surface area contributed by atoms with E-state index in [4.69, 9.17) is 0 Å². The molecule has 2 aromatic rings. The molecule has 1 aliphatic carbocycles. The number of anilines is 3. The van der Waals surface area contributed by atoms with Crippen LogP contribution >= 0.6 is 0 Å². The minimum Gasteiger partial charge on any atom is -0.378 e. The summed E-state index contributed by atoms with van der Waals surface area (Å²) >= 11 is 0. The summed E-state index contributed by atoms with van der Waals surface area (Å²) in [6.45, 7) is 0. The first-order valence-electron chi connectivity index (χ1n) is 9.43. The van der Waals surface area contributed by atoms with Crippen molar-refractivity contribution < 1.29 is 4.79 Å². The first-order chi connectivity index (χ1) is 12.6. The van der Waals surface area contributed by atoms with E-state index >= 15 is 0 Å². The molecule has 1 saturated carbocycles. The smallest absolute Gasteiger partial charge is 0.270 e. The predicted octanol–water partition coefficient (Wildman–Crippen LogP) is 4.34. The molecule has 1 aromatic heterocycles. The zero-order valence-corrected chi connectivity index (χ0v) is 15.7. The van der Waals surface area contributed by atoms with Gasteiger partial charge in [-0.1, -0.05) is 25.7 Å². The Kier molecular flexibility index (Phi) is 6.10. The van der Waals surface area contributed by atoms with Crippen molar-refractivity contribution >= 4 is 23.0 Å². The van der Waals surface area contributed by atoms with E-state index in [-0.39, 0.29) is 11.9 Å². The largest absolute Gasteiger partial charge is 0.378 e. The van der Waals surface area contributed by atoms with Crippen LogP contribution in [0.3, 0.4) is 0 Å². The van der Waals surface area contributed by atoms with Crippen molar-refractivity contribution in [1.29, 1.82) is 0 Å². The van der Waals surface area contributed by atoms with Gasteiger partial charge in [0, 0.05) is 43.4 Å². The van der Waals surface area contributed by atoms with Crippen LogP contribution in [0.4, 0.5) is 17.1 Å². The molecule has 138 valence electrons. The molecule has 3 rings (SSSR count). The lowest BCUT2D eigenvalue weighted by Crippen LogP contribution is -2.34. The summed E-state index contributed by atoms with van der Waals surface area (Å²) in [6.07, 6.45) is 8.77. The van der Waals surface area contributed by atoms with E-state index in [2.05, 4.69) is 32.7 Å². The van der Waals surface area contributed by atoms with E-state index in [9.17, 15) is 4.79 Å². The Bertz CT molecular complexity index is 719. The number of rotatable bonds is 5. The first kappa shape index (κ1) is 18.2. The molecule has 5 heteroatoms. The second kappa shape index (κ2) is 8.70. The standard InChI is InChI=1S/C21H28N4O/c1-25(2)19-11-9-17(10-12-19)23-18-13-14-22-20(15-18)21(26)24-16-7-5-3-4-6-8-16/h9-16H,3-8H2,1-2H3,(H,22,23)(H,24,26). The highest BCUT2D eigenvalue weighted by molar-refractivity contribution is 5.93. The van der Waals surface area contributed by atoms with Crippen molar-refractivity contribution in [3.05, 3.63) is 48.3 Å². The van der Waals surface area contributed by atoms with Gasteiger partial charge in [0.2, 0.25) is 0 Å². The molecule has 0 atom stereocenters. The van der Waals surface area contributed by atoms with Crippen molar-refractivity contribution in [1.82, 2.24) is 10.3 Å². The number of amides is 1. The van der Waals surface area contributed by atoms with Gasteiger partial charge >= 0.3 is 0 Å². The third kappa shape index (κ3) is 4.97. The number of benzene rings is 1. The van der Waals surface area contributed by atoms with E-state index in [1.807, 2.05) is 38.4 Å². The van der Waals surface area contributed by atoms with Crippen molar-refractivity contribution in [2.24, 2.45) is 0 Å². The van der Waals surface area contributed by atoms with Gasteiger partial charge in [-0.3, -0.25) is 9.78 Å². The lowest BCUT2D eigenvalue weighted by molar-refractivity contribution is 0.0928. The summed E-state index contributed by atoms with van der Waals surface area (Å²) in [5, 5.41) is 6.49. The van der Waals surface area contributed by atoms with Crippen molar-refractivity contribution in [2.75, 3.05) is 24.3 Å². The number of hydrogen-bond donors (Lipinski definition) is 2. The summed E-state index contributed by atoms with van der Waals surface area (Å²) in [7, 11) is 4.04.